The minimum absolute atomic E-state index is 0.203. The van der Waals surface area contributed by atoms with Gasteiger partial charge < -0.3 is 5.11 Å². The van der Waals surface area contributed by atoms with Gasteiger partial charge in [-0.15, -0.1) is 0 Å². The van der Waals surface area contributed by atoms with Gasteiger partial charge in [0.15, 0.2) is 0 Å². The third-order valence-corrected chi connectivity index (χ3v) is 3.93. The van der Waals surface area contributed by atoms with E-state index in [0.29, 0.717) is 0 Å². The van der Waals surface area contributed by atoms with Gasteiger partial charge in [-0.25, -0.2) is 9.28 Å². The molecule has 3 rings (SSSR count). The van der Waals surface area contributed by atoms with Gasteiger partial charge in [-0.2, -0.15) is 0 Å². The number of nitrogens with zero attached hydrogens (tertiary/aromatic N) is 1. The molecule has 0 radical (unpaired) electrons. The molecule has 3 aromatic carbocycles. The third-order valence-electron chi connectivity index (χ3n) is 3.93. The fraction of sp³-hybridized carbons (Fsp3) is 0. The Labute approximate surface area is 141 Å². The van der Waals surface area contributed by atoms with Crippen LogP contribution in [0.1, 0.15) is 0 Å². The van der Waals surface area contributed by atoms with Crippen LogP contribution < -0.4 is 4.48 Å². The van der Waals surface area contributed by atoms with Crippen LogP contribution in [0.3, 0.4) is 0 Å². The van der Waals surface area contributed by atoms with Crippen LogP contribution in [-0.2, 0) is 4.79 Å². The Kier molecular flexibility index (Phi) is 4.54. The zero-order valence-electron chi connectivity index (χ0n) is 13.1. The summed E-state index contributed by atoms with van der Waals surface area (Å²) in [5.41, 5.74) is 2.90. The zero-order valence-corrected chi connectivity index (χ0v) is 13.1. The van der Waals surface area contributed by atoms with Crippen LogP contribution in [0, 0.1) is 0 Å². The lowest BCUT2D eigenvalue weighted by atomic mass is 10.1. The molecule has 0 unspecified atom stereocenters. The van der Waals surface area contributed by atoms with E-state index in [-0.39, 0.29) is 4.48 Å². The topological polar surface area (TPSA) is 37.3 Å². The molecule has 0 spiro atoms. The van der Waals surface area contributed by atoms with Gasteiger partial charge in [-0.1, -0.05) is 54.6 Å². The maximum Gasteiger partial charge on any atom is 0.333 e. The lowest BCUT2D eigenvalue weighted by Crippen LogP contribution is -2.32. The van der Waals surface area contributed by atoms with Gasteiger partial charge in [0.25, 0.3) is 0 Å². The number of carbonyl (C=O) groups is 1. The average molecular weight is 316 g/mol. The molecule has 0 bridgehead atoms. The van der Waals surface area contributed by atoms with Crippen LogP contribution in [0.25, 0.3) is 0 Å². The molecule has 3 aromatic rings. The van der Waals surface area contributed by atoms with Crippen LogP contribution in [0.15, 0.2) is 103 Å². The minimum atomic E-state index is -0.972. The van der Waals surface area contributed by atoms with E-state index >= 15 is 0 Å². The predicted molar refractivity (Wildman–Crippen MR) is 97.2 cm³/mol. The zero-order chi connectivity index (χ0) is 16.8. The van der Waals surface area contributed by atoms with Gasteiger partial charge in [0, 0.05) is 36.4 Å². The van der Waals surface area contributed by atoms with E-state index in [0.717, 1.165) is 17.1 Å². The first-order valence-electron chi connectivity index (χ1n) is 7.71. The van der Waals surface area contributed by atoms with Crippen LogP contribution in [-0.4, -0.2) is 11.1 Å². The number of carboxylic acids is 1. The Bertz CT molecular complexity index is 731. The molecular formula is C21H18NO2+. The van der Waals surface area contributed by atoms with Crippen molar-refractivity contribution in [2.24, 2.45) is 0 Å². The molecule has 0 fully saturated rings. The molecule has 0 aliphatic rings. The summed E-state index contributed by atoms with van der Waals surface area (Å²) in [6, 6.07) is 29.7. The number of aliphatic carboxylic acids is 1. The maximum atomic E-state index is 11.2. The summed E-state index contributed by atoms with van der Waals surface area (Å²) < 4.78 is 0.203. The van der Waals surface area contributed by atoms with Crippen molar-refractivity contribution in [2.45, 2.75) is 0 Å². The molecule has 0 heterocycles. The Morgan fingerprint density at radius 1 is 0.667 bits per heavy atom. The van der Waals surface area contributed by atoms with E-state index in [1.807, 2.05) is 91.0 Å². The highest BCUT2D eigenvalue weighted by Gasteiger charge is 2.34. The second-order valence-electron chi connectivity index (χ2n) is 5.38. The van der Waals surface area contributed by atoms with Gasteiger partial charge in [0.05, 0.1) is 6.08 Å². The number of para-hydroxylation sites is 3. The third kappa shape index (κ3) is 2.98. The van der Waals surface area contributed by atoms with Crippen molar-refractivity contribution in [1.82, 2.24) is 4.48 Å². The number of quaternary nitrogens is 1. The fourth-order valence-corrected chi connectivity index (χ4v) is 2.87. The normalized spacial score (nSPS) is 11.5. The van der Waals surface area contributed by atoms with E-state index in [4.69, 9.17) is 0 Å². The van der Waals surface area contributed by atoms with E-state index in [1.165, 1.54) is 6.08 Å². The number of carboxylic acid groups (broad SMARTS) is 1. The summed E-state index contributed by atoms with van der Waals surface area (Å²) in [4.78, 5) is 11.2. The van der Waals surface area contributed by atoms with E-state index < -0.39 is 5.97 Å². The first kappa shape index (κ1) is 15.7. The SMILES string of the molecule is O=C(O)C=C[N+](c1ccccc1)(c1ccccc1)c1ccccc1. The molecule has 0 aromatic heterocycles. The monoisotopic (exact) mass is 316 g/mol. The summed E-state index contributed by atoms with van der Waals surface area (Å²) in [6.45, 7) is 0. The summed E-state index contributed by atoms with van der Waals surface area (Å²) in [5.74, 6) is -0.972. The lowest BCUT2D eigenvalue weighted by molar-refractivity contribution is -0.131. The van der Waals surface area contributed by atoms with E-state index in [1.54, 1.807) is 6.20 Å². The Hall–Kier alpha value is -3.17. The summed E-state index contributed by atoms with van der Waals surface area (Å²) in [5, 5.41) is 9.22. The molecule has 0 amide bonds. The van der Waals surface area contributed by atoms with E-state index in [9.17, 15) is 9.90 Å². The highest BCUT2D eigenvalue weighted by Crippen LogP contribution is 2.44. The lowest BCUT2D eigenvalue weighted by Gasteiger charge is -2.33. The number of hydrogen-bond acceptors (Lipinski definition) is 1. The fourth-order valence-electron chi connectivity index (χ4n) is 2.87. The van der Waals surface area contributed by atoms with Crippen LogP contribution in [0.5, 0.6) is 0 Å². The molecule has 0 aliphatic carbocycles. The summed E-state index contributed by atoms with van der Waals surface area (Å²) >= 11 is 0. The number of hydrogen-bond donors (Lipinski definition) is 1. The average Bonchev–Trinajstić information content (AvgIpc) is 2.65. The van der Waals surface area contributed by atoms with Gasteiger partial charge >= 0.3 is 5.97 Å². The van der Waals surface area contributed by atoms with Crippen molar-refractivity contribution in [3.05, 3.63) is 103 Å². The van der Waals surface area contributed by atoms with Gasteiger partial charge in [-0.05, 0) is 0 Å². The minimum Gasteiger partial charge on any atom is -0.478 e. The Balaban J connectivity index is 2.35. The second kappa shape index (κ2) is 6.94. The predicted octanol–water partition coefficient (Wildman–Crippen LogP) is 5.26. The Morgan fingerprint density at radius 2 is 1.00 bits per heavy atom. The van der Waals surface area contributed by atoms with Crippen LogP contribution in [0.2, 0.25) is 0 Å². The maximum absolute atomic E-state index is 11.2. The molecule has 118 valence electrons. The molecule has 0 saturated carbocycles. The molecule has 24 heavy (non-hydrogen) atoms. The molecule has 0 saturated heterocycles. The smallest absolute Gasteiger partial charge is 0.333 e. The number of benzene rings is 3. The molecular weight excluding hydrogens is 298 g/mol. The van der Waals surface area contributed by atoms with Crippen molar-refractivity contribution in [1.29, 1.82) is 0 Å². The van der Waals surface area contributed by atoms with Gasteiger partial charge in [0.2, 0.25) is 0 Å². The largest absolute Gasteiger partial charge is 0.478 e. The Morgan fingerprint density at radius 3 is 1.29 bits per heavy atom. The van der Waals surface area contributed by atoms with Crippen molar-refractivity contribution < 1.29 is 9.90 Å². The quantitative estimate of drug-likeness (QED) is 0.515. The van der Waals surface area contributed by atoms with Crippen LogP contribution >= 0.6 is 0 Å². The number of rotatable bonds is 5. The molecule has 0 atom stereocenters. The van der Waals surface area contributed by atoms with Crippen molar-refractivity contribution in [3.63, 3.8) is 0 Å². The highest BCUT2D eigenvalue weighted by atomic mass is 16.4. The summed E-state index contributed by atoms with van der Waals surface area (Å²) in [7, 11) is 0. The van der Waals surface area contributed by atoms with Crippen molar-refractivity contribution in [3.8, 4) is 0 Å². The molecule has 3 heteroatoms. The second-order valence-corrected chi connectivity index (χ2v) is 5.38. The first-order valence-corrected chi connectivity index (χ1v) is 7.71. The summed E-state index contributed by atoms with van der Waals surface area (Å²) in [6.07, 6.45) is 2.91. The van der Waals surface area contributed by atoms with Crippen molar-refractivity contribution >= 4 is 23.0 Å². The van der Waals surface area contributed by atoms with E-state index in [2.05, 4.69) is 0 Å². The van der Waals surface area contributed by atoms with Gasteiger partial charge in [-0.3, -0.25) is 0 Å². The molecule has 3 nitrogen and oxygen atoms in total. The molecule has 1 N–H and O–H groups in total. The van der Waals surface area contributed by atoms with Crippen LogP contribution in [0.4, 0.5) is 17.1 Å². The highest BCUT2D eigenvalue weighted by molar-refractivity contribution is 5.82. The van der Waals surface area contributed by atoms with Gasteiger partial charge in [0.1, 0.15) is 23.3 Å². The van der Waals surface area contributed by atoms with Crippen molar-refractivity contribution in [2.75, 3.05) is 0 Å². The first-order chi connectivity index (χ1) is 11.7. The standard InChI is InChI=1S/C21H17NO2/c23-21(24)16-17-22(18-10-4-1-5-11-18,19-12-6-2-7-13-19)20-14-8-3-9-15-20/h1-17H/p+1. The molecule has 0 aliphatic heterocycles.